The lowest BCUT2D eigenvalue weighted by molar-refractivity contribution is -0.334. The molecule has 2 aliphatic rings. The van der Waals surface area contributed by atoms with Gasteiger partial charge >= 0.3 is 0 Å². The van der Waals surface area contributed by atoms with Crippen molar-refractivity contribution in [3.05, 3.63) is 0 Å². The van der Waals surface area contributed by atoms with E-state index in [1.165, 1.54) is 0 Å². The Morgan fingerprint density at radius 3 is 2.00 bits per heavy atom. The van der Waals surface area contributed by atoms with Gasteiger partial charge in [-0.05, 0) is 11.8 Å². The van der Waals surface area contributed by atoms with Crippen molar-refractivity contribution in [2.45, 2.75) is 38.9 Å². The zero-order valence-electron chi connectivity index (χ0n) is 7.35. The van der Waals surface area contributed by atoms with Crippen molar-refractivity contribution in [1.29, 1.82) is 0 Å². The molecule has 0 bridgehead atoms. The molecule has 1 aliphatic heterocycles. The maximum absolute atomic E-state index is 5.61. The van der Waals surface area contributed by atoms with E-state index in [9.17, 15) is 0 Å². The highest BCUT2D eigenvalue weighted by Crippen LogP contribution is 2.51. The Hall–Kier alpha value is -0.0800. The first-order valence-corrected chi connectivity index (χ1v) is 4.40. The Kier molecular flexibility index (Phi) is 1.52. The van der Waals surface area contributed by atoms with E-state index in [1.54, 1.807) is 0 Å². The lowest BCUT2D eigenvalue weighted by atomic mass is 9.67. The smallest absolute Gasteiger partial charge is 0.169 e. The fourth-order valence-electron chi connectivity index (χ4n) is 2.23. The van der Waals surface area contributed by atoms with Gasteiger partial charge in [0.2, 0.25) is 0 Å². The molecular weight excluding hydrogens is 140 g/mol. The molecule has 2 rings (SSSR count). The standard InChI is InChI=1S/C9H16O2/c1-8(2)6-9(7-8)10-4-3-5-11-9/h3-7H2,1-2H3. The van der Waals surface area contributed by atoms with Gasteiger partial charge in [0.25, 0.3) is 0 Å². The molecule has 0 atom stereocenters. The van der Waals surface area contributed by atoms with Crippen LogP contribution in [0.5, 0.6) is 0 Å². The zero-order valence-corrected chi connectivity index (χ0v) is 7.35. The summed E-state index contributed by atoms with van der Waals surface area (Å²) in [4.78, 5) is 0. The fraction of sp³-hybridized carbons (Fsp3) is 1.00. The van der Waals surface area contributed by atoms with Crippen molar-refractivity contribution >= 4 is 0 Å². The van der Waals surface area contributed by atoms with Crippen molar-refractivity contribution in [2.75, 3.05) is 13.2 Å². The summed E-state index contributed by atoms with van der Waals surface area (Å²) in [5, 5.41) is 0. The van der Waals surface area contributed by atoms with Crippen LogP contribution in [0, 0.1) is 5.41 Å². The minimum absolute atomic E-state index is 0.165. The van der Waals surface area contributed by atoms with Gasteiger partial charge in [-0.1, -0.05) is 13.8 Å². The Bertz CT molecular complexity index is 147. The predicted molar refractivity (Wildman–Crippen MR) is 42.3 cm³/mol. The van der Waals surface area contributed by atoms with Crippen LogP contribution < -0.4 is 0 Å². The molecule has 1 saturated heterocycles. The fourth-order valence-corrected chi connectivity index (χ4v) is 2.23. The van der Waals surface area contributed by atoms with Crippen LogP contribution in [-0.4, -0.2) is 19.0 Å². The zero-order chi connectivity index (χ0) is 7.95. The molecule has 1 spiro atoms. The average Bonchev–Trinajstić information content (AvgIpc) is 1.85. The second kappa shape index (κ2) is 2.20. The number of ether oxygens (including phenoxy) is 2. The van der Waals surface area contributed by atoms with Gasteiger partial charge in [0.15, 0.2) is 5.79 Å². The first-order valence-electron chi connectivity index (χ1n) is 4.40. The molecule has 11 heavy (non-hydrogen) atoms. The number of hydrogen-bond acceptors (Lipinski definition) is 2. The van der Waals surface area contributed by atoms with E-state index in [0.717, 1.165) is 32.5 Å². The van der Waals surface area contributed by atoms with Gasteiger partial charge in [-0.25, -0.2) is 0 Å². The van der Waals surface area contributed by atoms with Crippen molar-refractivity contribution in [1.82, 2.24) is 0 Å². The molecule has 2 fully saturated rings. The second-order valence-electron chi connectivity index (χ2n) is 4.48. The molecule has 0 N–H and O–H groups in total. The molecule has 64 valence electrons. The highest BCUT2D eigenvalue weighted by molar-refractivity contribution is 4.95. The molecular formula is C9H16O2. The van der Waals surface area contributed by atoms with Crippen LogP contribution in [0.2, 0.25) is 0 Å². The highest BCUT2D eigenvalue weighted by atomic mass is 16.7. The van der Waals surface area contributed by atoms with Crippen LogP contribution in [0.25, 0.3) is 0 Å². The molecule has 1 aliphatic carbocycles. The molecule has 2 heteroatoms. The maximum Gasteiger partial charge on any atom is 0.169 e. The quantitative estimate of drug-likeness (QED) is 0.533. The van der Waals surface area contributed by atoms with E-state index >= 15 is 0 Å². The molecule has 0 amide bonds. The third kappa shape index (κ3) is 1.30. The minimum Gasteiger partial charge on any atom is -0.350 e. The summed E-state index contributed by atoms with van der Waals surface area (Å²) in [5.41, 5.74) is 0.442. The summed E-state index contributed by atoms with van der Waals surface area (Å²) in [6.07, 6.45) is 3.20. The van der Waals surface area contributed by atoms with Gasteiger partial charge < -0.3 is 9.47 Å². The van der Waals surface area contributed by atoms with Crippen LogP contribution in [0.1, 0.15) is 33.1 Å². The van der Waals surface area contributed by atoms with E-state index in [1.807, 2.05) is 0 Å². The van der Waals surface area contributed by atoms with Gasteiger partial charge in [-0.2, -0.15) is 0 Å². The Labute approximate surface area is 67.9 Å². The summed E-state index contributed by atoms with van der Waals surface area (Å²) >= 11 is 0. The third-order valence-corrected chi connectivity index (χ3v) is 2.51. The van der Waals surface area contributed by atoms with E-state index in [2.05, 4.69) is 13.8 Å². The van der Waals surface area contributed by atoms with Crippen LogP contribution in [0.15, 0.2) is 0 Å². The molecule has 0 aromatic rings. The van der Waals surface area contributed by atoms with E-state index in [4.69, 9.17) is 9.47 Å². The van der Waals surface area contributed by atoms with Gasteiger partial charge in [0.05, 0.1) is 13.2 Å². The number of hydrogen-bond donors (Lipinski definition) is 0. The van der Waals surface area contributed by atoms with Crippen LogP contribution in [0.4, 0.5) is 0 Å². The molecule has 1 saturated carbocycles. The van der Waals surface area contributed by atoms with Crippen molar-refractivity contribution in [3.8, 4) is 0 Å². The first kappa shape index (κ1) is 7.56. The van der Waals surface area contributed by atoms with Crippen molar-refractivity contribution < 1.29 is 9.47 Å². The molecule has 2 nitrogen and oxygen atoms in total. The summed E-state index contributed by atoms with van der Waals surface area (Å²) in [6, 6.07) is 0. The van der Waals surface area contributed by atoms with Gasteiger partial charge in [0, 0.05) is 12.8 Å². The lowest BCUT2D eigenvalue weighted by Crippen LogP contribution is -2.55. The molecule has 0 aromatic carbocycles. The molecule has 0 aromatic heterocycles. The monoisotopic (exact) mass is 156 g/mol. The maximum atomic E-state index is 5.61. The average molecular weight is 156 g/mol. The minimum atomic E-state index is -0.165. The molecule has 0 unspecified atom stereocenters. The normalized spacial score (nSPS) is 33.3. The summed E-state index contributed by atoms with van der Waals surface area (Å²) in [5.74, 6) is -0.165. The topological polar surface area (TPSA) is 18.5 Å². The summed E-state index contributed by atoms with van der Waals surface area (Å²) < 4.78 is 11.2. The molecule has 0 radical (unpaired) electrons. The van der Waals surface area contributed by atoms with E-state index in [-0.39, 0.29) is 5.79 Å². The summed E-state index contributed by atoms with van der Waals surface area (Å²) in [7, 11) is 0. The molecule has 1 heterocycles. The van der Waals surface area contributed by atoms with Crippen LogP contribution >= 0.6 is 0 Å². The van der Waals surface area contributed by atoms with Crippen LogP contribution in [0.3, 0.4) is 0 Å². The second-order valence-corrected chi connectivity index (χ2v) is 4.48. The summed E-state index contributed by atoms with van der Waals surface area (Å²) in [6.45, 7) is 6.30. The van der Waals surface area contributed by atoms with E-state index in [0.29, 0.717) is 5.41 Å². The van der Waals surface area contributed by atoms with Crippen LogP contribution in [-0.2, 0) is 9.47 Å². The first-order chi connectivity index (χ1) is 5.12. The lowest BCUT2D eigenvalue weighted by Gasteiger charge is -2.53. The number of rotatable bonds is 0. The van der Waals surface area contributed by atoms with Crippen molar-refractivity contribution in [2.24, 2.45) is 5.41 Å². The SMILES string of the molecule is CC1(C)CC2(C1)OCCCO2. The van der Waals surface area contributed by atoms with Gasteiger partial charge in [-0.15, -0.1) is 0 Å². The van der Waals surface area contributed by atoms with Crippen molar-refractivity contribution in [3.63, 3.8) is 0 Å². The Morgan fingerprint density at radius 2 is 1.55 bits per heavy atom. The van der Waals surface area contributed by atoms with Gasteiger partial charge in [-0.3, -0.25) is 0 Å². The Morgan fingerprint density at radius 1 is 1.00 bits per heavy atom. The largest absolute Gasteiger partial charge is 0.350 e. The van der Waals surface area contributed by atoms with Gasteiger partial charge in [0.1, 0.15) is 0 Å². The van der Waals surface area contributed by atoms with E-state index < -0.39 is 0 Å². The Balaban J connectivity index is 1.94. The predicted octanol–water partition coefficient (Wildman–Crippen LogP) is 1.94. The highest BCUT2D eigenvalue weighted by Gasteiger charge is 2.52. The third-order valence-electron chi connectivity index (χ3n) is 2.51.